The van der Waals surface area contributed by atoms with E-state index in [4.69, 9.17) is 5.73 Å². The third kappa shape index (κ3) is 2.42. The topological polar surface area (TPSA) is 45.4 Å². The van der Waals surface area contributed by atoms with E-state index in [0.717, 1.165) is 31.4 Å². The van der Waals surface area contributed by atoms with Crippen molar-refractivity contribution in [2.75, 3.05) is 37.3 Å². The van der Waals surface area contributed by atoms with Gasteiger partial charge in [-0.1, -0.05) is 6.92 Å². The fourth-order valence-electron chi connectivity index (χ4n) is 3.11. The number of halogens is 1. The van der Waals surface area contributed by atoms with Crippen LogP contribution < -0.4 is 10.6 Å². The van der Waals surface area contributed by atoms with E-state index in [1.165, 1.54) is 6.07 Å². The molecule has 0 radical (unpaired) electrons. The van der Waals surface area contributed by atoms with Gasteiger partial charge in [0.1, 0.15) is 0 Å². The maximum absolute atomic E-state index is 14.5. The second-order valence-electron chi connectivity index (χ2n) is 5.68. The Morgan fingerprint density at radius 1 is 1.43 bits per heavy atom. The van der Waals surface area contributed by atoms with Gasteiger partial charge in [0.05, 0.1) is 11.2 Å². The normalized spacial score (nSPS) is 20.1. The van der Waals surface area contributed by atoms with Gasteiger partial charge in [0.25, 0.3) is 0 Å². The highest BCUT2D eigenvalue weighted by atomic mass is 19.1. The van der Waals surface area contributed by atoms with Gasteiger partial charge in [0.15, 0.2) is 5.82 Å². The van der Waals surface area contributed by atoms with E-state index >= 15 is 0 Å². The van der Waals surface area contributed by atoms with Crippen molar-refractivity contribution in [2.24, 2.45) is 0 Å². The number of hydrogen-bond acceptors (Lipinski definition) is 4. The zero-order valence-corrected chi connectivity index (χ0v) is 12.5. The Balaban J connectivity index is 2.08. The molecule has 3 rings (SSSR count). The lowest BCUT2D eigenvalue weighted by Crippen LogP contribution is -2.51. The van der Waals surface area contributed by atoms with Crippen LogP contribution in [0.3, 0.4) is 0 Å². The number of rotatable bonds is 2. The van der Waals surface area contributed by atoms with Crippen LogP contribution >= 0.6 is 0 Å². The number of pyridine rings is 1. The molecule has 1 atom stereocenters. The van der Waals surface area contributed by atoms with Crippen molar-refractivity contribution in [3.8, 4) is 0 Å². The van der Waals surface area contributed by atoms with Crippen molar-refractivity contribution in [1.29, 1.82) is 0 Å². The highest BCUT2D eigenvalue weighted by Crippen LogP contribution is 2.33. The summed E-state index contributed by atoms with van der Waals surface area (Å²) in [6.45, 7) is 4.72. The molecule has 4 nitrogen and oxygen atoms in total. The first-order valence-corrected chi connectivity index (χ1v) is 7.39. The number of hydrogen-bond donors (Lipinski definition) is 1. The first-order valence-electron chi connectivity index (χ1n) is 7.39. The van der Waals surface area contributed by atoms with Gasteiger partial charge in [0, 0.05) is 42.9 Å². The lowest BCUT2D eigenvalue weighted by atomic mass is 10.1. The number of anilines is 2. The predicted molar refractivity (Wildman–Crippen MR) is 85.0 cm³/mol. The molecular weight excluding hydrogens is 267 g/mol. The maximum Gasteiger partial charge on any atom is 0.150 e. The van der Waals surface area contributed by atoms with Crippen LogP contribution in [-0.2, 0) is 0 Å². The van der Waals surface area contributed by atoms with Gasteiger partial charge < -0.3 is 10.6 Å². The van der Waals surface area contributed by atoms with Gasteiger partial charge in [0.2, 0.25) is 0 Å². The first kappa shape index (κ1) is 14.1. The maximum atomic E-state index is 14.5. The molecule has 0 bridgehead atoms. The molecule has 0 amide bonds. The van der Waals surface area contributed by atoms with Crippen LogP contribution in [0.1, 0.15) is 13.3 Å². The van der Waals surface area contributed by atoms with Crippen LogP contribution in [-0.4, -0.2) is 42.6 Å². The standard InChI is InChI=1S/C16H21FN4/c1-3-11-10-21(8-7-20(11)2)16-13(17)9-14(18)12-5-4-6-19-15(12)16/h4-6,9,11H,3,7-8,10,18H2,1-2H3. The minimum absolute atomic E-state index is 0.280. The zero-order chi connectivity index (χ0) is 15.0. The van der Waals surface area contributed by atoms with Crippen LogP contribution in [0.25, 0.3) is 10.9 Å². The molecule has 2 aromatic rings. The summed E-state index contributed by atoms with van der Waals surface area (Å²) in [5.74, 6) is -0.280. The molecule has 0 saturated carbocycles. The molecule has 112 valence electrons. The van der Waals surface area contributed by atoms with Crippen molar-refractivity contribution in [3.05, 3.63) is 30.2 Å². The highest BCUT2D eigenvalue weighted by Gasteiger charge is 2.26. The summed E-state index contributed by atoms with van der Waals surface area (Å²) < 4.78 is 14.5. The molecule has 21 heavy (non-hydrogen) atoms. The van der Waals surface area contributed by atoms with Crippen LogP contribution in [0.4, 0.5) is 15.8 Å². The lowest BCUT2D eigenvalue weighted by molar-refractivity contribution is 0.213. The van der Waals surface area contributed by atoms with E-state index < -0.39 is 0 Å². The Hall–Kier alpha value is -1.88. The molecule has 0 aliphatic carbocycles. The van der Waals surface area contributed by atoms with E-state index in [-0.39, 0.29) is 5.82 Å². The Morgan fingerprint density at radius 3 is 3.00 bits per heavy atom. The monoisotopic (exact) mass is 288 g/mol. The average Bonchev–Trinajstić information content (AvgIpc) is 2.49. The van der Waals surface area contributed by atoms with Crippen LogP contribution in [0.2, 0.25) is 0 Å². The van der Waals surface area contributed by atoms with E-state index in [1.807, 2.05) is 12.1 Å². The van der Waals surface area contributed by atoms with Crippen molar-refractivity contribution >= 4 is 22.3 Å². The van der Waals surface area contributed by atoms with Crippen LogP contribution in [0.15, 0.2) is 24.4 Å². The number of aromatic nitrogens is 1. The van der Waals surface area contributed by atoms with Crippen molar-refractivity contribution in [1.82, 2.24) is 9.88 Å². The molecule has 1 aliphatic rings. The second-order valence-corrected chi connectivity index (χ2v) is 5.68. The third-order valence-corrected chi connectivity index (χ3v) is 4.42. The number of nitrogens with zero attached hydrogens (tertiary/aromatic N) is 3. The van der Waals surface area contributed by atoms with Gasteiger partial charge >= 0.3 is 0 Å². The molecule has 0 spiro atoms. The summed E-state index contributed by atoms with van der Waals surface area (Å²) in [6, 6.07) is 5.58. The smallest absolute Gasteiger partial charge is 0.150 e. The first-order chi connectivity index (χ1) is 10.1. The Morgan fingerprint density at radius 2 is 2.24 bits per heavy atom. The molecule has 1 aliphatic heterocycles. The highest BCUT2D eigenvalue weighted by molar-refractivity contribution is 5.98. The summed E-state index contributed by atoms with van der Waals surface area (Å²) in [7, 11) is 2.13. The van der Waals surface area contributed by atoms with Gasteiger partial charge in [-0.05, 0) is 31.7 Å². The van der Waals surface area contributed by atoms with E-state index in [9.17, 15) is 4.39 Å². The Bertz CT molecular complexity index is 658. The molecule has 1 aromatic heterocycles. The number of likely N-dealkylation sites (N-methyl/N-ethyl adjacent to an activating group) is 1. The van der Waals surface area contributed by atoms with E-state index in [0.29, 0.717) is 22.9 Å². The molecule has 1 fully saturated rings. The fourth-order valence-corrected chi connectivity index (χ4v) is 3.11. The largest absolute Gasteiger partial charge is 0.398 e. The van der Waals surface area contributed by atoms with Crippen molar-refractivity contribution < 1.29 is 4.39 Å². The lowest BCUT2D eigenvalue weighted by Gasteiger charge is -2.40. The quantitative estimate of drug-likeness (QED) is 0.862. The summed E-state index contributed by atoms with van der Waals surface area (Å²) >= 11 is 0. The Kier molecular flexibility index (Phi) is 3.68. The average molecular weight is 288 g/mol. The van der Waals surface area contributed by atoms with Gasteiger partial charge in [-0.3, -0.25) is 9.88 Å². The Labute approximate surface area is 124 Å². The van der Waals surface area contributed by atoms with Crippen LogP contribution in [0.5, 0.6) is 0 Å². The molecule has 1 aromatic carbocycles. The molecule has 1 saturated heterocycles. The number of fused-ring (bicyclic) bond motifs is 1. The third-order valence-electron chi connectivity index (χ3n) is 4.42. The summed E-state index contributed by atoms with van der Waals surface area (Å²) in [5, 5.41) is 0.820. The molecule has 2 heterocycles. The second kappa shape index (κ2) is 5.48. The molecule has 1 unspecified atom stereocenters. The minimum Gasteiger partial charge on any atom is -0.398 e. The number of benzene rings is 1. The predicted octanol–water partition coefficient (Wildman–Crippen LogP) is 2.49. The SMILES string of the molecule is CCC1CN(c2c(F)cc(N)c3cccnc23)CCN1C. The van der Waals surface area contributed by atoms with Gasteiger partial charge in [-0.25, -0.2) is 4.39 Å². The molecular formula is C16H21FN4. The molecule has 5 heteroatoms. The van der Waals surface area contributed by atoms with Crippen molar-refractivity contribution in [2.45, 2.75) is 19.4 Å². The number of piperazine rings is 1. The van der Waals surface area contributed by atoms with E-state index in [2.05, 4.69) is 28.8 Å². The summed E-state index contributed by atoms with van der Waals surface area (Å²) in [4.78, 5) is 8.82. The molecule has 2 N–H and O–H groups in total. The number of nitrogen functional groups attached to an aromatic ring is 1. The van der Waals surface area contributed by atoms with Gasteiger partial charge in [-0.15, -0.1) is 0 Å². The summed E-state index contributed by atoms with van der Waals surface area (Å²) in [5.41, 5.74) is 7.62. The van der Waals surface area contributed by atoms with Crippen molar-refractivity contribution in [3.63, 3.8) is 0 Å². The summed E-state index contributed by atoms with van der Waals surface area (Å²) in [6.07, 6.45) is 2.74. The van der Waals surface area contributed by atoms with Gasteiger partial charge in [-0.2, -0.15) is 0 Å². The minimum atomic E-state index is -0.280. The zero-order valence-electron chi connectivity index (χ0n) is 12.5. The fraction of sp³-hybridized carbons (Fsp3) is 0.438. The van der Waals surface area contributed by atoms with E-state index in [1.54, 1.807) is 6.20 Å². The number of nitrogens with two attached hydrogens (primary N) is 1. The van der Waals surface area contributed by atoms with Crippen LogP contribution in [0, 0.1) is 5.82 Å².